The molecular formula is C21H18Cl2N2O2S. The van der Waals surface area contributed by atoms with Crippen LogP contribution in [0, 0.1) is 13.8 Å². The Balaban J connectivity index is 1.62. The van der Waals surface area contributed by atoms with Gasteiger partial charge in [0.2, 0.25) is 5.91 Å². The van der Waals surface area contributed by atoms with Gasteiger partial charge < -0.3 is 5.32 Å². The zero-order valence-corrected chi connectivity index (χ0v) is 17.7. The summed E-state index contributed by atoms with van der Waals surface area (Å²) in [4.78, 5) is 29.9. The van der Waals surface area contributed by atoms with E-state index >= 15 is 0 Å². The fraction of sp³-hybridized carbons (Fsp3) is 0.190. The highest BCUT2D eigenvalue weighted by molar-refractivity contribution is 7.16. The molecular weight excluding hydrogens is 415 g/mol. The van der Waals surface area contributed by atoms with Crippen molar-refractivity contribution in [3.05, 3.63) is 68.5 Å². The molecule has 3 aromatic rings. The summed E-state index contributed by atoms with van der Waals surface area (Å²) in [7, 11) is 0. The Morgan fingerprint density at radius 1 is 1.00 bits per heavy atom. The number of Topliss-reactive ketones (excluding diaryl/α,β-unsaturated/α-hetero) is 1. The van der Waals surface area contributed by atoms with Crippen molar-refractivity contribution in [3.8, 4) is 11.3 Å². The highest BCUT2D eigenvalue weighted by Crippen LogP contribution is 2.33. The fourth-order valence-electron chi connectivity index (χ4n) is 2.65. The predicted octanol–water partition coefficient (Wildman–Crippen LogP) is 6.34. The van der Waals surface area contributed by atoms with E-state index in [4.69, 9.17) is 23.2 Å². The molecule has 0 spiro atoms. The van der Waals surface area contributed by atoms with Crippen molar-refractivity contribution >= 4 is 51.4 Å². The van der Waals surface area contributed by atoms with Crippen LogP contribution in [-0.2, 0) is 4.79 Å². The SMILES string of the molecule is Cc1ccc(C(=O)CCC(=O)Nc2nc(-c3ccc(Cl)c(Cl)c3)c(C)s2)cc1. The number of nitrogens with zero attached hydrogens (tertiary/aromatic N) is 1. The van der Waals surface area contributed by atoms with Crippen LogP contribution in [0.4, 0.5) is 5.13 Å². The number of halogens is 2. The number of ketones is 1. The van der Waals surface area contributed by atoms with E-state index in [0.717, 1.165) is 21.7 Å². The number of amides is 1. The van der Waals surface area contributed by atoms with E-state index in [2.05, 4.69) is 10.3 Å². The van der Waals surface area contributed by atoms with E-state index in [-0.39, 0.29) is 24.5 Å². The molecule has 0 atom stereocenters. The smallest absolute Gasteiger partial charge is 0.226 e. The molecule has 3 rings (SSSR count). The molecule has 28 heavy (non-hydrogen) atoms. The van der Waals surface area contributed by atoms with Crippen molar-refractivity contribution in [2.75, 3.05) is 5.32 Å². The van der Waals surface area contributed by atoms with Crippen LogP contribution in [0.3, 0.4) is 0 Å². The lowest BCUT2D eigenvalue weighted by atomic mass is 10.1. The Hall–Kier alpha value is -2.21. The Bertz CT molecular complexity index is 1030. The molecule has 0 fully saturated rings. The van der Waals surface area contributed by atoms with Gasteiger partial charge in [0.1, 0.15) is 0 Å². The first kappa shape index (κ1) is 20.5. The zero-order chi connectivity index (χ0) is 20.3. The van der Waals surface area contributed by atoms with Crippen molar-refractivity contribution in [2.45, 2.75) is 26.7 Å². The van der Waals surface area contributed by atoms with Gasteiger partial charge in [-0.3, -0.25) is 9.59 Å². The van der Waals surface area contributed by atoms with Crippen LogP contribution in [0.15, 0.2) is 42.5 Å². The molecule has 1 N–H and O–H groups in total. The van der Waals surface area contributed by atoms with Crippen molar-refractivity contribution in [1.29, 1.82) is 0 Å². The first-order chi connectivity index (χ1) is 13.3. The molecule has 1 heterocycles. The lowest BCUT2D eigenvalue weighted by Gasteiger charge is -2.03. The van der Waals surface area contributed by atoms with Gasteiger partial charge in [0.25, 0.3) is 0 Å². The van der Waals surface area contributed by atoms with Crippen molar-refractivity contribution in [1.82, 2.24) is 4.98 Å². The molecule has 4 nitrogen and oxygen atoms in total. The molecule has 0 unspecified atom stereocenters. The number of nitrogens with one attached hydrogen (secondary N) is 1. The van der Waals surface area contributed by atoms with Crippen LogP contribution in [0.25, 0.3) is 11.3 Å². The van der Waals surface area contributed by atoms with E-state index in [0.29, 0.717) is 20.7 Å². The summed E-state index contributed by atoms with van der Waals surface area (Å²) in [6.45, 7) is 3.88. The topological polar surface area (TPSA) is 59.1 Å². The minimum atomic E-state index is -0.241. The number of hydrogen-bond acceptors (Lipinski definition) is 4. The summed E-state index contributed by atoms with van der Waals surface area (Å²) in [5.74, 6) is -0.295. The number of rotatable bonds is 6. The van der Waals surface area contributed by atoms with Crippen LogP contribution >= 0.6 is 34.5 Å². The predicted molar refractivity (Wildman–Crippen MR) is 116 cm³/mol. The summed E-state index contributed by atoms with van der Waals surface area (Å²) in [6, 6.07) is 12.6. The third-order valence-electron chi connectivity index (χ3n) is 4.19. The number of anilines is 1. The van der Waals surface area contributed by atoms with Gasteiger partial charge in [-0.15, -0.1) is 11.3 Å². The second-order valence-corrected chi connectivity index (χ2v) is 8.41. The molecule has 2 aromatic carbocycles. The molecule has 144 valence electrons. The second-order valence-electron chi connectivity index (χ2n) is 6.39. The van der Waals surface area contributed by atoms with Gasteiger partial charge >= 0.3 is 0 Å². The Labute approximate surface area is 177 Å². The molecule has 1 aromatic heterocycles. The Morgan fingerprint density at radius 2 is 1.71 bits per heavy atom. The normalized spacial score (nSPS) is 10.7. The minimum absolute atomic E-state index is 0.0537. The van der Waals surface area contributed by atoms with E-state index in [1.165, 1.54) is 11.3 Å². The molecule has 0 saturated carbocycles. The quantitative estimate of drug-likeness (QED) is 0.462. The summed E-state index contributed by atoms with van der Waals surface area (Å²) in [6.07, 6.45) is 0.256. The van der Waals surface area contributed by atoms with E-state index < -0.39 is 0 Å². The molecule has 0 saturated heterocycles. The fourth-order valence-corrected chi connectivity index (χ4v) is 3.80. The Morgan fingerprint density at radius 3 is 2.39 bits per heavy atom. The van der Waals surface area contributed by atoms with Gasteiger partial charge in [0.05, 0.1) is 15.7 Å². The number of thiazole rings is 1. The van der Waals surface area contributed by atoms with Crippen LogP contribution in [0.1, 0.15) is 33.6 Å². The average Bonchev–Trinajstić information content (AvgIpc) is 3.02. The van der Waals surface area contributed by atoms with Gasteiger partial charge in [-0.05, 0) is 26.0 Å². The third-order valence-corrected chi connectivity index (χ3v) is 5.81. The lowest BCUT2D eigenvalue weighted by Crippen LogP contribution is -2.13. The van der Waals surface area contributed by atoms with Crippen molar-refractivity contribution < 1.29 is 9.59 Å². The number of aryl methyl sites for hydroxylation is 2. The highest BCUT2D eigenvalue weighted by Gasteiger charge is 2.14. The number of carbonyl (C=O) groups is 2. The van der Waals surface area contributed by atoms with Crippen molar-refractivity contribution in [3.63, 3.8) is 0 Å². The maximum Gasteiger partial charge on any atom is 0.226 e. The maximum atomic E-state index is 12.2. The molecule has 0 aliphatic carbocycles. The first-order valence-corrected chi connectivity index (χ1v) is 10.2. The standard InChI is InChI=1S/C21H18Cl2N2O2S/c1-12-3-5-14(6-4-12)18(26)9-10-19(27)24-21-25-20(13(2)28-21)15-7-8-16(22)17(23)11-15/h3-8,11H,9-10H2,1-2H3,(H,24,25,27). The molecule has 0 aliphatic heterocycles. The van der Waals surface area contributed by atoms with Crippen LogP contribution < -0.4 is 5.32 Å². The number of benzene rings is 2. The van der Waals surface area contributed by atoms with Crippen LogP contribution in [-0.4, -0.2) is 16.7 Å². The van der Waals surface area contributed by atoms with Gasteiger partial charge in [-0.1, -0.05) is 59.1 Å². The first-order valence-electron chi connectivity index (χ1n) is 8.66. The summed E-state index contributed by atoms with van der Waals surface area (Å²) >= 11 is 13.4. The highest BCUT2D eigenvalue weighted by atomic mass is 35.5. The second kappa shape index (κ2) is 8.86. The van der Waals surface area contributed by atoms with Gasteiger partial charge in [0, 0.05) is 28.8 Å². The molecule has 7 heteroatoms. The van der Waals surface area contributed by atoms with E-state index in [1.807, 2.05) is 32.0 Å². The van der Waals surface area contributed by atoms with Crippen LogP contribution in [0.5, 0.6) is 0 Å². The summed E-state index contributed by atoms with van der Waals surface area (Å²) in [5, 5.41) is 4.19. The zero-order valence-electron chi connectivity index (χ0n) is 15.4. The van der Waals surface area contributed by atoms with Gasteiger partial charge in [0.15, 0.2) is 10.9 Å². The lowest BCUT2D eigenvalue weighted by molar-refractivity contribution is -0.116. The van der Waals surface area contributed by atoms with Gasteiger partial charge in [-0.25, -0.2) is 4.98 Å². The molecule has 1 amide bonds. The number of carbonyl (C=O) groups excluding carboxylic acids is 2. The van der Waals surface area contributed by atoms with E-state index in [9.17, 15) is 9.59 Å². The third kappa shape index (κ3) is 4.98. The number of hydrogen-bond donors (Lipinski definition) is 1. The molecule has 0 bridgehead atoms. The summed E-state index contributed by atoms with van der Waals surface area (Å²) in [5.41, 5.74) is 3.28. The van der Waals surface area contributed by atoms with Gasteiger partial charge in [-0.2, -0.15) is 0 Å². The molecule has 0 radical (unpaired) electrons. The monoisotopic (exact) mass is 432 g/mol. The Kier molecular flexibility index (Phi) is 6.50. The maximum absolute atomic E-state index is 12.2. The van der Waals surface area contributed by atoms with Crippen LogP contribution in [0.2, 0.25) is 10.0 Å². The minimum Gasteiger partial charge on any atom is -0.302 e. The average molecular weight is 433 g/mol. The van der Waals surface area contributed by atoms with Crippen molar-refractivity contribution in [2.24, 2.45) is 0 Å². The molecule has 0 aliphatic rings. The largest absolute Gasteiger partial charge is 0.302 e. The van der Waals surface area contributed by atoms with E-state index in [1.54, 1.807) is 24.3 Å². The summed E-state index contributed by atoms with van der Waals surface area (Å²) < 4.78 is 0. The number of aromatic nitrogens is 1.